The van der Waals surface area contributed by atoms with Crippen LogP contribution in [0.5, 0.6) is 0 Å². The Labute approximate surface area is 197 Å². The third-order valence-corrected chi connectivity index (χ3v) is 6.76. The monoisotopic (exact) mass is 432 g/mol. The fraction of sp³-hybridized carbons (Fsp3) is 0. The first-order valence-electron chi connectivity index (χ1n) is 11.5. The molecule has 1 aromatic heterocycles. The SMILES string of the molecule is c1cnc(-c2c3ccccc3c(-c3ccc4ccc5ccccc5c4c3)c3ccccc23)nc1. The molecule has 2 nitrogen and oxygen atoms in total. The summed E-state index contributed by atoms with van der Waals surface area (Å²) in [6.07, 6.45) is 3.63. The van der Waals surface area contributed by atoms with Gasteiger partial charge in [-0.05, 0) is 66.3 Å². The molecule has 0 saturated heterocycles. The molecular weight excluding hydrogens is 412 g/mol. The Kier molecular flexibility index (Phi) is 4.18. The second-order valence-electron chi connectivity index (χ2n) is 8.64. The van der Waals surface area contributed by atoms with E-state index in [0.717, 1.165) is 11.4 Å². The van der Waals surface area contributed by atoms with Crippen molar-refractivity contribution in [3.05, 3.63) is 122 Å². The van der Waals surface area contributed by atoms with Gasteiger partial charge in [-0.25, -0.2) is 9.97 Å². The highest BCUT2D eigenvalue weighted by atomic mass is 14.9. The summed E-state index contributed by atoms with van der Waals surface area (Å²) in [5.41, 5.74) is 3.55. The van der Waals surface area contributed by atoms with E-state index >= 15 is 0 Å². The normalized spacial score (nSPS) is 11.5. The minimum Gasteiger partial charge on any atom is -0.237 e. The standard InChI is InChI=1S/C32H20N2/c1-2-9-24-21(8-1)14-15-22-16-17-23(20-29(22)24)30-25-10-3-5-12-27(25)31(32-33-18-7-19-34-32)28-13-6-4-11-26(28)30/h1-20H. The zero-order chi connectivity index (χ0) is 22.5. The third kappa shape index (κ3) is 2.82. The first-order chi connectivity index (χ1) is 16.9. The van der Waals surface area contributed by atoms with Gasteiger partial charge < -0.3 is 0 Å². The second kappa shape index (κ2) is 7.50. The van der Waals surface area contributed by atoms with Crippen LogP contribution in [0.25, 0.3) is 65.6 Å². The van der Waals surface area contributed by atoms with Crippen LogP contribution in [0.15, 0.2) is 122 Å². The molecule has 0 amide bonds. The highest BCUT2D eigenvalue weighted by Gasteiger charge is 2.17. The highest BCUT2D eigenvalue weighted by molar-refractivity contribution is 6.21. The van der Waals surface area contributed by atoms with Crippen molar-refractivity contribution in [1.82, 2.24) is 9.97 Å². The van der Waals surface area contributed by atoms with Crippen LogP contribution in [-0.2, 0) is 0 Å². The Bertz CT molecular complexity index is 1800. The molecule has 0 aliphatic rings. The molecule has 0 aliphatic carbocycles. The molecule has 158 valence electrons. The summed E-state index contributed by atoms with van der Waals surface area (Å²) in [6, 6.07) is 39.0. The maximum Gasteiger partial charge on any atom is 0.160 e. The van der Waals surface area contributed by atoms with E-state index in [9.17, 15) is 0 Å². The molecule has 0 N–H and O–H groups in total. The van der Waals surface area contributed by atoms with Crippen molar-refractivity contribution in [2.45, 2.75) is 0 Å². The molecule has 0 spiro atoms. The van der Waals surface area contributed by atoms with Crippen molar-refractivity contribution < 1.29 is 0 Å². The Balaban J connectivity index is 1.63. The zero-order valence-electron chi connectivity index (χ0n) is 18.4. The molecule has 0 saturated carbocycles. The van der Waals surface area contributed by atoms with E-state index in [0.29, 0.717) is 0 Å². The lowest BCUT2D eigenvalue weighted by Crippen LogP contribution is -1.94. The lowest BCUT2D eigenvalue weighted by atomic mass is 9.87. The van der Waals surface area contributed by atoms with Gasteiger partial charge in [-0.1, -0.05) is 97.1 Å². The first kappa shape index (κ1) is 19.0. The minimum atomic E-state index is 0.756. The van der Waals surface area contributed by atoms with Crippen molar-refractivity contribution in [3.63, 3.8) is 0 Å². The van der Waals surface area contributed by atoms with Crippen molar-refractivity contribution in [1.29, 1.82) is 0 Å². The molecule has 0 radical (unpaired) electrons. The van der Waals surface area contributed by atoms with Gasteiger partial charge in [-0.15, -0.1) is 0 Å². The Hall–Kier alpha value is -4.56. The van der Waals surface area contributed by atoms with E-state index in [-0.39, 0.29) is 0 Å². The van der Waals surface area contributed by atoms with Crippen molar-refractivity contribution >= 4 is 43.1 Å². The van der Waals surface area contributed by atoms with E-state index in [1.807, 2.05) is 18.5 Å². The molecule has 0 bridgehead atoms. The van der Waals surface area contributed by atoms with Gasteiger partial charge in [-0.3, -0.25) is 0 Å². The van der Waals surface area contributed by atoms with Gasteiger partial charge in [0.15, 0.2) is 5.82 Å². The summed E-state index contributed by atoms with van der Waals surface area (Å²) in [6.45, 7) is 0. The van der Waals surface area contributed by atoms with Crippen molar-refractivity contribution in [2.24, 2.45) is 0 Å². The summed E-state index contributed by atoms with van der Waals surface area (Å²) >= 11 is 0. The maximum atomic E-state index is 4.62. The quantitative estimate of drug-likeness (QED) is 0.202. The highest BCUT2D eigenvalue weighted by Crippen LogP contribution is 2.43. The van der Waals surface area contributed by atoms with E-state index in [2.05, 4.69) is 113 Å². The van der Waals surface area contributed by atoms with Gasteiger partial charge in [0.2, 0.25) is 0 Å². The Morgan fingerprint density at radius 3 is 1.53 bits per heavy atom. The van der Waals surface area contributed by atoms with Gasteiger partial charge >= 0.3 is 0 Å². The topological polar surface area (TPSA) is 25.8 Å². The molecule has 7 rings (SSSR count). The minimum absolute atomic E-state index is 0.756. The smallest absolute Gasteiger partial charge is 0.160 e. The van der Waals surface area contributed by atoms with Crippen LogP contribution in [0, 0.1) is 0 Å². The van der Waals surface area contributed by atoms with Crippen LogP contribution in [-0.4, -0.2) is 9.97 Å². The fourth-order valence-corrected chi connectivity index (χ4v) is 5.27. The predicted octanol–water partition coefficient (Wildman–Crippen LogP) is 8.42. The zero-order valence-corrected chi connectivity index (χ0v) is 18.4. The maximum absolute atomic E-state index is 4.62. The molecule has 0 unspecified atom stereocenters. The average Bonchev–Trinajstić information content (AvgIpc) is 2.92. The largest absolute Gasteiger partial charge is 0.237 e. The summed E-state index contributed by atoms with van der Waals surface area (Å²) in [5, 5.41) is 9.83. The van der Waals surface area contributed by atoms with Crippen LogP contribution in [0.2, 0.25) is 0 Å². The number of rotatable bonds is 2. The second-order valence-corrected chi connectivity index (χ2v) is 8.64. The number of hydrogen-bond donors (Lipinski definition) is 0. The molecule has 6 aromatic carbocycles. The number of fused-ring (bicyclic) bond motifs is 5. The third-order valence-electron chi connectivity index (χ3n) is 6.76. The Morgan fingerprint density at radius 2 is 0.882 bits per heavy atom. The van der Waals surface area contributed by atoms with E-state index in [1.54, 1.807) is 0 Å². The summed E-state index contributed by atoms with van der Waals surface area (Å²) < 4.78 is 0. The average molecular weight is 433 g/mol. The first-order valence-corrected chi connectivity index (χ1v) is 11.5. The molecule has 1 heterocycles. The van der Waals surface area contributed by atoms with Gasteiger partial charge in [0.25, 0.3) is 0 Å². The molecule has 7 aromatic rings. The van der Waals surface area contributed by atoms with Gasteiger partial charge in [-0.2, -0.15) is 0 Å². The summed E-state index contributed by atoms with van der Waals surface area (Å²) in [7, 11) is 0. The lowest BCUT2D eigenvalue weighted by Gasteiger charge is -2.17. The molecule has 0 aliphatic heterocycles. The summed E-state index contributed by atoms with van der Waals surface area (Å²) in [4.78, 5) is 9.23. The van der Waals surface area contributed by atoms with Crippen LogP contribution >= 0.6 is 0 Å². The number of benzene rings is 6. The summed E-state index contributed by atoms with van der Waals surface area (Å²) in [5.74, 6) is 0.756. The van der Waals surface area contributed by atoms with Crippen LogP contribution < -0.4 is 0 Å². The van der Waals surface area contributed by atoms with Gasteiger partial charge in [0.05, 0.1) is 0 Å². The van der Waals surface area contributed by atoms with Gasteiger partial charge in [0, 0.05) is 18.0 Å². The number of hydrogen-bond acceptors (Lipinski definition) is 2. The predicted molar refractivity (Wildman–Crippen MR) is 143 cm³/mol. The van der Waals surface area contributed by atoms with E-state index in [4.69, 9.17) is 0 Å². The molecule has 2 heteroatoms. The number of aromatic nitrogens is 2. The van der Waals surface area contributed by atoms with Crippen LogP contribution in [0.4, 0.5) is 0 Å². The van der Waals surface area contributed by atoms with Crippen LogP contribution in [0.1, 0.15) is 0 Å². The Morgan fingerprint density at radius 1 is 0.382 bits per heavy atom. The molecule has 0 atom stereocenters. The van der Waals surface area contributed by atoms with Crippen molar-refractivity contribution in [2.75, 3.05) is 0 Å². The van der Waals surface area contributed by atoms with Crippen molar-refractivity contribution in [3.8, 4) is 22.5 Å². The lowest BCUT2D eigenvalue weighted by molar-refractivity contribution is 1.18. The van der Waals surface area contributed by atoms with E-state index < -0.39 is 0 Å². The van der Waals surface area contributed by atoms with Crippen LogP contribution in [0.3, 0.4) is 0 Å². The molecule has 34 heavy (non-hydrogen) atoms. The number of nitrogens with zero attached hydrogens (tertiary/aromatic N) is 2. The fourth-order valence-electron chi connectivity index (χ4n) is 5.27. The van der Waals surface area contributed by atoms with Gasteiger partial charge in [0.1, 0.15) is 0 Å². The molecular formula is C32H20N2. The van der Waals surface area contributed by atoms with E-state index in [1.165, 1.54) is 54.2 Å². The molecule has 0 fully saturated rings.